The second-order valence-electron chi connectivity index (χ2n) is 2.98. The van der Waals surface area contributed by atoms with Crippen LogP contribution in [0.15, 0.2) is 12.7 Å². The van der Waals surface area contributed by atoms with Gasteiger partial charge < -0.3 is 0 Å². The van der Waals surface area contributed by atoms with Crippen LogP contribution in [0.25, 0.3) is 0 Å². The molecule has 0 aromatic rings. The standard InChI is InChI=1S/C9H19BN2/c1-3-5-6-7-9(11)12-8(10)4-2/h4,9-10,12H,2-3,5-7,11H2,1H3. The van der Waals surface area contributed by atoms with E-state index < -0.39 is 0 Å². The van der Waals surface area contributed by atoms with Crippen molar-refractivity contribution in [2.24, 2.45) is 5.73 Å². The predicted octanol–water partition coefficient (Wildman–Crippen LogP) is 0.658. The molecule has 0 heterocycles. The molecule has 0 saturated carbocycles. The third kappa shape index (κ3) is 6.16. The maximum absolute atomic E-state index is 5.77. The molecule has 0 saturated heterocycles. The van der Waals surface area contributed by atoms with Gasteiger partial charge in [-0.2, -0.15) is 0 Å². The molecule has 0 amide bonds. The van der Waals surface area contributed by atoms with Crippen LogP contribution in [0, 0.1) is 0 Å². The first-order chi connectivity index (χ1) is 5.70. The SMILES string of the molecule is B=C(C=C)NC(N)CCCCC. The average Bonchev–Trinajstić information content (AvgIpc) is 2.05. The molecule has 0 aromatic heterocycles. The van der Waals surface area contributed by atoms with E-state index in [1.807, 2.05) is 0 Å². The van der Waals surface area contributed by atoms with Crippen LogP contribution in [0.2, 0.25) is 0 Å². The average molecular weight is 166 g/mol. The molecule has 12 heavy (non-hydrogen) atoms. The summed E-state index contributed by atoms with van der Waals surface area (Å²) < 4.78 is 0. The van der Waals surface area contributed by atoms with Crippen molar-refractivity contribution in [2.75, 3.05) is 0 Å². The van der Waals surface area contributed by atoms with Crippen LogP contribution in [0.1, 0.15) is 32.6 Å². The molecule has 0 aliphatic heterocycles. The Hall–Kier alpha value is -0.565. The van der Waals surface area contributed by atoms with Gasteiger partial charge in [-0.1, -0.05) is 0 Å². The Bertz CT molecular complexity index is 145. The minimum absolute atomic E-state index is 0.0297. The second kappa shape index (κ2) is 7.10. The summed E-state index contributed by atoms with van der Waals surface area (Å²) in [6.45, 7) is 5.77. The molecule has 0 aliphatic carbocycles. The van der Waals surface area contributed by atoms with Crippen LogP contribution in [-0.4, -0.2) is 19.2 Å². The van der Waals surface area contributed by atoms with Gasteiger partial charge in [0, 0.05) is 0 Å². The topological polar surface area (TPSA) is 38.0 Å². The van der Waals surface area contributed by atoms with Crippen molar-refractivity contribution in [1.29, 1.82) is 0 Å². The van der Waals surface area contributed by atoms with E-state index in [1.54, 1.807) is 6.08 Å². The number of hydrogen-bond donors (Lipinski definition) is 2. The Morgan fingerprint density at radius 1 is 1.67 bits per heavy atom. The van der Waals surface area contributed by atoms with Gasteiger partial charge in [-0.05, 0) is 0 Å². The molecule has 3 N–H and O–H groups in total. The van der Waals surface area contributed by atoms with E-state index in [9.17, 15) is 0 Å². The molecule has 0 radical (unpaired) electrons. The molecule has 0 rings (SSSR count). The fourth-order valence-corrected chi connectivity index (χ4v) is 0.983. The number of nitrogens with two attached hydrogens (primary N) is 1. The molecule has 0 spiro atoms. The van der Waals surface area contributed by atoms with Crippen molar-refractivity contribution < 1.29 is 0 Å². The fraction of sp³-hybridized carbons (Fsp3) is 0.667. The number of nitrogens with one attached hydrogen (secondary N) is 1. The van der Waals surface area contributed by atoms with Gasteiger partial charge in [0.05, 0.1) is 0 Å². The van der Waals surface area contributed by atoms with Crippen molar-refractivity contribution in [3.8, 4) is 0 Å². The normalized spacial score (nSPS) is 12.1. The van der Waals surface area contributed by atoms with E-state index in [-0.39, 0.29) is 6.17 Å². The van der Waals surface area contributed by atoms with Gasteiger partial charge in [0.2, 0.25) is 0 Å². The summed E-state index contributed by atoms with van der Waals surface area (Å²) in [7, 11) is 3.73. The minimum atomic E-state index is 0.0297. The third-order valence-corrected chi connectivity index (χ3v) is 1.74. The molecular weight excluding hydrogens is 147 g/mol. The van der Waals surface area contributed by atoms with Gasteiger partial charge in [-0.25, -0.2) is 0 Å². The number of unbranched alkanes of at least 4 members (excludes halogenated alkanes) is 2. The summed E-state index contributed by atoms with van der Waals surface area (Å²) in [5, 5.41) is 3.05. The van der Waals surface area contributed by atoms with Gasteiger partial charge in [0.15, 0.2) is 0 Å². The first-order valence-corrected chi connectivity index (χ1v) is 4.54. The van der Waals surface area contributed by atoms with E-state index in [4.69, 9.17) is 5.73 Å². The first kappa shape index (κ1) is 11.4. The summed E-state index contributed by atoms with van der Waals surface area (Å²) in [5.41, 5.74) is 6.58. The summed E-state index contributed by atoms with van der Waals surface area (Å²) >= 11 is 0. The molecule has 0 aliphatic rings. The van der Waals surface area contributed by atoms with Crippen LogP contribution in [0.5, 0.6) is 0 Å². The van der Waals surface area contributed by atoms with Crippen LogP contribution < -0.4 is 11.1 Å². The Balaban J connectivity index is 3.38. The zero-order chi connectivity index (χ0) is 9.40. The number of hydrogen-bond acceptors (Lipinski definition) is 2. The van der Waals surface area contributed by atoms with Crippen LogP contribution in [0.4, 0.5) is 0 Å². The summed E-state index contributed by atoms with van der Waals surface area (Å²) in [6.07, 6.45) is 6.36. The van der Waals surface area contributed by atoms with Crippen molar-refractivity contribution in [1.82, 2.24) is 5.32 Å². The fourth-order valence-electron chi connectivity index (χ4n) is 0.983. The van der Waals surface area contributed by atoms with E-state index >= 15 is 0 Å². The third-order valence-electron chi connectivity index (χ3n) is 1.74. The quantitative estimate of drug-likeness (QED) is 0.331. The number of rotatable bonds is 7. The van der Waals surface area contributed by atoms with Crippen LogP contribution >= 0.6 is 0 Å². The first-order valence-electron chi connectivity index (χ1n) is 4.54. The molecule has 1 unspecified atom stereocenters. The van der Waals surface area contributed by atoms with E-state index in [0.29, 0.717) is 0 Å². The molecule has 0 aromatic carbocycles. The van der Waals surface area contributed by atoms with E-state index in [0.717, 1.165) is 12.0 Å². The molecule has 0 fully saturated rings. The van der Waals surface area contributed by atoms with Crippen molar-refractivity contribution in [2.45, 2.75) is 38.8 Å². The van der Waals surface area contributed by atoms with Gasteiger partial charge >= 0.3 is 75.6 Å². The second-order valence-corrected chi connectivity index (χ2v) is 2.98. The van der Waals surface area contributed by atoms with Crippen LogP contribution in [-0.2, 0) is 0 Å². The monoisotopic (exact) mass is 166 g/mol. The van der Waals surface area contributed by atoms with Gasteiger partial charge in [0.1, 0.15) is 0 Å². The van der Waals surface area contributed by atoms with Gasteiger partial charge in [0.25, 0.3) is 0 Å². The Kier molecular flexibility index (Phi) is 6.77. The van der Waals surface area contributed by atoms with E-state index in [2.05, 4.69) is 26.3 Å². The van der Waals surface area contributed by atoms with E-state index in [1.165, 1.54) is 19.3 Å². The summed E-state index contributed by atoms with van der Waals surface area (Å²) in [6, 6.07) is 0. The van der Waals surface area contributed by atoms with Crippen molar-refractivity contribution in [3.05, 3.63) is 12.7 Å². The molecule has 0 bridgehead atoms. The predicted molar refractivity (Wildman–Crippen MR) is 57.6 cm³/mol. The summed E-state index contributed by atoms with van der Waals surface area (Å²) in [4.78, 5) is 0. The zero-order valence-electron chi connectivity index (χ0n) is 7.97. The maximum atomic E-state index is 5.77. The molecule has 1 atom stereocenters. The van der Waals surface area contributed by atoms with Crippen molar-refractivity contribution >= 4 is 13.1 Å². The Morgan fingerprint density at radius 3 is 2.83 bits per heavy atom. The zero-order valence-corrected chi connectivity index (χ0v) is 7.97. The van der Waals surface area contributed by atoms with Crippen molar-refractivity contribution in [3.63, 3.8) is 0 Å². The van der Waals surface area contributed by atoms with Gasteiger partial charge in [-0.15, -0.1) is 0 Å². The van der Waals surface area contributed by atoms with Crippen LogP contribution in [0.3, 0.4) is 0 Å². The molecule has 2 nitrogen and oxygen atoms in total. The Morgan fingerprint density at radius 2 is 2.33 bits per heavy atom. The summed E-state index contributed by atoms with van der Waals surface area (Å²) in [5.74, 6) is 0. The van der Waals surface area contributed by atoms with Gasteiger partial charge in [-0.3, -0.25) is 0 Å². The molecule has 3 heteroatoms. The Labute approximate surface area is 76.3 Å². The molecule has 68 valence electrons. The molecular formula is C9H19BN2.